The van der Waals surface area contributed by atoms with Crippen LogP contribution < -0.4 is 0 Å². The minimum atomic E-state index is 1.07. The summed E-state index contributed by atoms with van der Waals surface area (Å²) in [6.45, 7) is 11.9. The lowest BCUT2D eigenvalue weighted by atomic mass is 10.2. The molecule has 1 heteroatoms. The van der Waals surface area contributed by atoms with Gasteiger partial charge in [-0.3, -0.25) is 0 Å². The fourth-order valence-corrected chi connectivity index (χ4v) is 0.966. The van der Waals surface area contributed by atoms with E-state index in [1.807, 2.05) is 0 Å². The van der Waals surface area contributed by atoms with Crippen LogP contribution in [-0.4, -0.2) is 24.5 Å². The summed E-state index contributed by atoms with van der Waals surface area (Å²) >= 11 is 0. The highest BCUT2D eigenvalue weighted by Crippen LogP contribution is 1.94. The monoisotopic (exact) mass is 167 g/mol. The first-order valence-corrected chi connectivity index (χ1v) is 4.76. The third-order valence-corrected chi connectivity index (χ3v) is 2.09. The lowest BCUT2D eigenvalue weighted by molar-refractivity contribution is 0.337. The van der Waals surface area contributed by atoms with Crippen molar-refractivity contribution < 1.29 is 0 Å². The van der Waals surface area contributed by atoms with Crippen molar-refractivity contribution in [3.8, 4) is 0 Å². The van der Waals surface area contributed by atoms with Gasteiger partial charge in [0.25, 0.3) is 0 Å². The van der Waals surface area contributed by atoms with Gasteiger partial charge in [-0.1, -0.05) is 37.6 Å². The fraction of sp³-hybridized carbons (Fsp3) is 0.636. The summed E-state index contributed by atoms with van der Waals surface area (Å²) < 4.78 is 0. The Morgan fingerprint density at radius 3 is 2.25 bits per heavy atom. The number of hydrogen-bond donors (Lipinski definition) is 0. The molecule has 0 amide bonds. The van der Waals surface area contributed by atoms with E-state index >= 15 is 0 Å². The van der Waals surface area contributed by atoms with Crippen LogP contribution in [0.15, 0.2) is 23.8 Å². The number of likely N-dealkylation sites (N-methyl/N-ethyl adjacent to an activating group) is 1. The molecule has 0 N–H and O–H groups in total. The van der Waals surface area contributed by atoms with Crippen LogP contribution in [0.25, 0.3) is 0 Å². The van der Waals surface area contributed by atoms with Gasteiger partial charge in [0, 0.05) is 6.54 Å². The van der Waals surface area contributed by atoms with Crippen molar-refractivity contribution in [2.75, 3.05) is 19.6 Å². The zero-order chi connectivity index (χ0) is 9.40. The third-order valence-electron chi connectivity index (χ3n) is 2.09. The molecule has 0 spiro atoms. The highest BCUT2D eigenvalue weighted by Gasteiger charge is 1.92. The maximum atomic E-state index is 2.39. The minimum absolute atomic E-state index is 1.07. The molecule has 0 aromatic heterocycles. The van der Waals surface area contributed by atoms with Crippen molar-refractivity contribution in [1.82, 2.24) is 4.90 Å². The van der Waals surface area contributed by atoms with Crippen molar-refractivity contribution in [2.45, 2.75) is 27.7 Å². The van der Waals surface area contributed by atoms with E-state index in [1.165, 1.54) is 5.57 Å². The van der Waals surface area contributed by atoms with Crippen LogP contribution >= 0.6 is 0 Å². The highest BCUT2D eigenvalue weighted by molar-refractivity contribution is 5.14. The molecule has 0 saturated heterocycles. The quantitative estimate of drug-likeness (QED) is 0.569. The van der Waals surface area contributed by atoms with E-state index in [1.54, 1.807) is 0 Å². The van der Waals surface area contributed by atoms with Gasteiger partial charge in [-0.25, -0.2) is 0 Å². The maximum absolute atomic E-state index is 2.39. The van der Waals surface area contributed by atoms with Crippen LogP contribution in [0.1, 0.15) is 27.7 Å². The van der Waals surface area contributed by atoms with E-state index in [2.05, 4.69) is 50.8 Å². The summed E-state index contributed by atoms with van der Waals surface area (Å²) in [7, 11) is 0. The van der Waals surface area contributed by atoms with E-state index in [9.17, 15) is 0 Å². The van der Waals surface area contributed by atoms with E-state index in [0.29, 0.717) is 0 Å². The molecular formula is C11H21N. The highest BCUT2D eigenvalue weighted by atomic mass is 15.1. The molecule has 70 valence electrons. The van der Waals surface area contributed by atoms with E-state index in [0.717, 1.165) is 19.6 Å². The molecule has 0 fully saturated rings. The first-order valence-electron chi connectivity index (χ1n) is 4.76. The summed E-state index contributed by atoms with van der Waals surface area (Å²) in [4.78, 5) is 2.39. The Labute approximate surface area is 76.8 Å². The average Bonchev–Trinajstić information content (AvgIpc) is 2.12. The summed E-state index contributed by atoms with van der Waals surface area (Å²) in [5, 5.41) is 0. The standard InChI is InChI=1S/C11H21N/c1-5-11(4)9-8-10-12(6-2)7-3/h5,8-9H,6-7,10H2,1-4H3/b9-8-,11-5-. The van der Waals surface area contributed by atoms with Crippen molar-refractivity contribution in [2.24, 2.45) is 0 Å². The lowest BCUT2D eigenvalue weighted by Crippen LogP contribution is -2.22. The van der Waals surface area contributed by atoms with Gasteiger partial charge in [0.2, 0.25) is 0 Å². The third kappa shape index (κ3) is 5.14. The zero-order valence-electron chi connectivity index (χ0n) is 8.80. The molecule has 1 nitrogen and oxygen atoms in total. The molecule has 0 rings (SSSR count). The number of hydrogen-bond acceptors (Lipinski definition) is 1. The first-order chi connectivity index (χ1) is 5.74. The van der Waals surface area contributed by atoms with Gasteiger partial charge in [0.1, 0.15) is 0 Å². The second-order valence-electron chi connectivity index (χ2n) is 2.92. The Morgan fingerprint density at radius 2 is 1.83 bits per heavy atom. The van der Waals surface area contributed by atoms with Gasteiger partial charge in [-0.05, 0) is 26.9 Å². The van der Waals surface area contributed by atoms with E-state index in [-0.39, 0.29) is 0 Å². The van der Waals surface area contributed by atoms with Gasteiger partial charge in [0.05, 0.1) is 0 Å². The molecule has 0 heterocycles. The minimum Gasteiger partial charge on any atom is -0.300 e. The second kappa shape index (κ2) is 7.11. The zero-order valence-corrected chi connectivity index (χ0v) is 8.80. The Hall–Kier alpha value is -0.560. The van der Waals surface area contributed by atoms with Gasteiger partial charge >= 0.3 is 0 Å². The Kier molecular flexibility index (Phi) is 6.78. The van der Waals surface area contributed by atoms with Crippen molar-refractivity contribution in [1.29, 1.82) is 0 Å². The fourth-order valence-electron chi connectivity index (χ4n) is 0.966. The van der Waals surface area contributed by atoms with Crippen LogP contribution in [0, 0.1) is 0 Å². The Morgan fingerprint density at radius 1 is 1.25 bits per heavy atom. The predicted molar refractivity (Wildman–Crippen MR) is 56.4 cm³/mol. The maximum Gasteiger partial charge on any atom is 0.0166 e. The van der Waals surface area contributed by atoms with Gasteiger partial charge in [0.15, 0.2) is 0 Å². The van der Waals surface area contributed by atoms with E-state index < -0.39 is 0 Å². The molecule has 0 aliphatic carbocycles. The summed E-state index contributed by atoms with van der Waals surface area (Å²) in [6.07, 6.45) is 6.53. The Balaban J connectivity index is 3.72. The number of rotatable bonds is 5. The molecule has 0 aliphatic rings. The lowest BCUT2D eigenvalue weighted by Gasteiger charge is -2.14. The molecule has 12 heavy (non-hydrogen) atoms. The topological polar surface area (TPSA) is 3.24 Å². The largest absolute Gasteiger partial charge is 0.300 e. The molecule has 0 saturated carbocycles. The molecule has 0 aliphatic heterocycles. The van der Waals surface area contributed by atoms with Crippen LogP contribution in [0.5, 0.6) is 0 Å². The molecule has 0 radical (unpaired) electrons. The second-order valence-corrected chi connectivity index (χ2v) is 2.92. The van der Waals surface area contributed by atoms with Gasteiger partial charge < -0.3 is 4.90 Å². The number of allylic oxidation sites excluding steroid dienone is 3. The Bertz CT molecular complexity index is 152. The van der Waals surface area contributed by atoms with Gasteiger partial charge in [-0.2, -0.15) is 0 Å². The average molecular weight is 167 g/mol. The first kappa shape index (κ1) is 11.4. The van der Waals surface area contributed by atoms with Crippen LogP contribution in [0.3, 0.4) is 0 Å². The van der Waals surface area contributed by atoms with Crippen LogP contribution in [-0.2, 0) is 0 Å². The summed E-state index contributed by atoms with van der Waals surface area (Å²) in [5.41, 5.74) is 1.34. The molecule has 0 atom stereocenters. The molecule has 0 aromatic rings. The SMILES string of the molecule is C/C=C(C)\C=C/CN(CC)CC. The van der Waals surface area contributed by atoms with Gasteiger partial charge in [-0.15, -0.1) is 0 Å². The van der Waals surface area contributed by atoms with Crippen LogP contribution in [0.4, 0.5) is 0 Å². The van der Waals surface area contributed by atoms with Crippen molar-refractivity contribution >= 4 is 0 Å². The summed E-state index contributed by atoms with van der Waals surface area (Å²) in [5.74, 6) is 0. The summed E-state index contributed by atoms with van der Waals surface area (Å²) in [6, 6.07) is 0. The molecule has 0 unspecified atom stereocenters. The smallest absolute Gasteiger partial charge is 0.0166 e. The van der Waals surface area contributed by atoms with Crippen molar-refractivity contribution in [3.05, 3.63) is 23.8 Å². The molecule has 0 aromatic carbocycles. The number of nitrogens with zero attached hydrogens (tertiary/aromatic N) is 1. The molecule has 0 bridgehead atoms. The van der Waals surface area contributed by atoms with E-state index in [4.69, 9.17) is 0 Å². The normalized spacial score (nSPS) is 13.2. The predicted octanol–water partition coefficient (Wildman–Crippen LogP) is 2.85. The molecular weight excluding hydrogens is 146 g/mol. The van der Waals surface area contributed by atoms with Crippen LogP contribution in [0.2, 0.25) is 0 Å². The van der Waals surface area contributed by atoms with Crippen molar-refractivity contribution in [3.63, 3.8) is 0 Å².